The number of carbonyl (C=O) groups is 3. The summed E-state index contributed by atoms with van der Waals surface area (Å²) in [5.41, 5.74) is 1.15. The Kier molecular flexibility index (Phi) is 4.88. The topological polar surface area (TPSA) is 82.6 Å². The maximum atomic E-state index is 12.7. The van der Waals surface area contributed by atoms with E-state index >= 15 is 0 Å². The van der Waals surface area contributed by atoms with E-state index in [4.69, 9.17) is 0 Å². The first-order valence-corrected chi connectivity index (χ1v) is 9.39. The van der Waals surface area contributed by atoms with Gasteiger partial charge < -0.3 is 4.90 Å². The van der Waals surface area contributed by atoms with E-state index in [2.05, 4.69) is 10.3 Å². The van der Waals surface area contributed by atoms with Crippen LogP contribution in [-0.2, 0) is 6.54 Å². The Labute approximate surface area is 162 Å². The zero-order valence-electron chi connectivity index (χ0n) is 16.0. The number of nitrogens with one attached hydrogen (secondary N) is 1. The fourth-order valence-corrected chi connectivity index (χ4v) is 3.62. The van der Waals surface area contributed by atoms with Gasteiger partial charge in [0, 0.05) is 23.0 Å². The number of thiazole rings is 1. The van der Waals surface area contributed by atoms with Crippen molar-refractivity contribution in [1.82, 2.24) is 14.8 Å². The molecule has 0 saturated carbocycles. The van der Waals surface area contributed by atoms with Gasteiger partial charge >= 0.3 is 0 Å². The number of aromatic nitrogens is 1. The van der Waals surface area contributed by atoms with Gasteiger partial charge in [0.05, 0.1) is 16.8 Å². The molecule has 0 atom stereocenters. The van der Waals surface area contributed by atoms with E-state index in [1.807, 2.05) is 24.4 Å². The van der Waals surface area contributed by atoms with Crippen LogP contribution in [0, 0.1) is 0 Å². The van der Waals surface area contributed by atoms with Gasteiger partial charge in [-0.15, -0.1) is 11.3 Å². The van der Waals surface area contributed by atoms with Gasteiger partial charge in [-0.2, -0.15) is 0 Å². The largest absolute Gasteiger partial charge is 0.304 e. The Balaban J connectivity index is 1.81. The number of nitrogens with zero attached hydrogens (tertiary/aromatic N) is 3. The first-order chi connectivity index (χ1) is 12.6. The molecule has 0 fully saturated rings. The molecule has 8 heteroatoms. The number of benzene rings is 1. The van der Waals surface area contributed by atoms with Crippen molar-refractivity contribution in [3.63, 3.8) is 0 Å². The van der Waals surface area contributed by atoms with Gasteiger partial charge in [0.15, 0.2) is 5.13 Å². The molecule has 27 heavy (non-hydrogen) atoms. The predicted octanol–water partition coefficient (Wildman–Crippen LogP) is 2.85. The Morgan fingerprint density at radius 3 is 2.48 bits per heavy atom. The second-order valence-corrected chi connectivity index (χ2v) is 8.57. The summed E-state index contributed by atoms with van der Waals surface area (Å²) in [5.74, 6) is -1.07. The lowest BCUT2D eigenvalue weighted by atomic mass is 10.1. The maximum Gasteiger partial charge on any atom is 0.262 e. The van der Waals surface area contributed by atoms with Gasteiger partial charge in [-0.3, -0.25) is 24.6 Å². The van der Waals surface area contributed by atoms with Crippen molar-refractivity contribution in [2.24, 2.45) is 0 Å². The molecule has 0 radical (unpaired) electrons. The smallest absolute Gasteiger partial charge is 0.262 e. The van der Waals surface area contributed by atoms with Crippen molar-refractivity contribution >= 4 is 34.2 Å². The minimum atomic E-state index is -0.626. The molecular formula is C19H22N4O3S. The average Bonchev–Trinajstić information content (AvgIpc) is 3.08. The van der Waals surface area contributed by atoms with Gasteiger partial charge in [-0.1, -0.05) is 0 Å². The number of anilines is 1. The van der Waals surface area contributed by atoms with E-state index in [-0.39, 0.29) is 23.3 Å². The molecule has 0 bridgehead atoms. The zero-order valence-corrected chi connectivity index (χ0v) is 16.8. The number of amides is 3. The lowest BCUT2D eigenvalue weighted by Crippen LogP contribution is -2.45. The molecule has 0 saturated heterocycles. The quantitative estimate of drug-likeness (QED) is 0.817. The van der Waals surface area contributed by atoms with Crippen LogP contribution in [0.3, 0.4) is 0 Å². The molecule has 3 amide bonds. The summed E-state index contributed by atoms with van der Waals surface area (Å²) in [5, 5.41) is 5.14. The third kappa shape index (κ3) is 3.77. The molecule has 2 aromatic rings. The third-order valence-corrected chi connectivity index (χ3v) is 4.88. The van der Waals surface area contributed by atoms with E-state index in [1.54, 1.807) is 26.8 Å². The summed E-state index contributed by atoms with van der Waals surface area (Å²) < 4.78 is 0. The Morgan fingerprint density at radius 1 is 1.19 bits per heavy atom. The van der Waals surface area contributed by atoms with Gasteiger partial charge in [-0.25, -0.2) is 4.98 Å². The number of hydrogen-bond acceptors (Lipinski definition) is 6. The van der Waals surface area contributed by atoms with Crippen molar-refractivity contribution in [3.05, 3.63) is 46.0 Å². The summed E-state index contributed by atoms with van der Waals surface area (Å²) in [7, 11) is 3.89. The van der Waals surface area contributed by atoms with Crippen LogP contribution in [0.2, 0.25) is 0 Å². The van der Waals surface area contributed by atoms with Crippen LogP contribution in [0.15, 0.2) is 23.6 Å². The first kappa shape index (κ1) is 19.2. The highest BCUT2D eigenvalue weighted by Gasteiger charge is 2.42. The zero-order chi connectivity index (χ0) is 19.9. The van der Waals surface area contributed by atoms with Crippen LogP contribution in [0.25, 0.3) is 0 Å². The lowest BCUT2D eigenvalue weighted by Gasteiger charge is -2.29. The second-order valence-electron chi connectivity index (χ2n) is 7.71. The van der Waals surface area contributed by atoms with E-state index in [0.29, 0.717) is 22.8 Å². The highest BCUT2D eigenvalue weighted by atomic mass is 32.1. The number of fused-ring (bicyclic) bond motifs is 1. The molecule has 1 aromatic carbocycles. The summed E-state index contributed by atoms with van der Waals surface area (Å²) in [4.78, 5) is 45.3. The standard InChI is InChI=1S/C19H22N4O3S/c1-19(2,3)23-16(25)13-7-6-11(8-14(13)17(23)26)15(24)21-18-20-12(10-27-18)9-22(4)5/h6-8,10H,9H2,1-5H3,(H,20,21,24). The van der Waals surface area contributed by atoms with Crippen molar-refractivity contribution in [2.45, 2.75) is 32.9 Å². The minimum Gasteiger partial charge on any atom is -0.304 e. The normalized spacial score (nSPS) is 14.1. The van der Waals surface area contributed by atoms with Gasteiger partial charge in [0.2, 0.25) is 0 Å². The predicted molar refractivity (Wildman–Crippen MR) is 104 cm³/mol. The number of carbonyl (C=O) groups excluding carboxylic acids is 3. The van der Waals surface area contributed by atoms with E-state index in [0.717, 1.165) is 5.69 Å². The third-order valence-electron chi connectivity index (χ3n) is 4.07. The van der Waals surface area contributed by atoms with E-state index < -0.39 is 5.54 Å². The van der Waals surface area contributed by atoms with Crippen molar-refractivity contribution in [2.75, 3.05) is 19.4 Å². The molecule has 1 aliphatic heterocycles. The molecule has 0 unspecified atom stereocenters. The van der Waals surface area contributed by atoms with Crippen molar-refractivity contribution in [1.29, 1.82) is 0 Å². The van der Waals surface area contributed by atoms with Crippen LogP contribution in [0.1, 0.15) is 57.5 Å². The lowest BCUT2D eigenvalue weighted by molar-refractivity contribution is 0.0507. The molecule has 1 aliphatic rings. The first-order valence-electron chi connectivity index (χ1n) is 8.51. The summed E-state index contributed by atoms with van der Waals surface area (Å²) in [6.45, 7) is 6.09. The molecule has 3 rings (SSSR count). The molecule has 0 spiro atoms. The van der Waals surface area contributed by atoms with Crippen LogP contribution in [0.4, 0.5) is 5.13 Å². The number of hydrogen-bond donors (Lipinski definition) is 1. The number of imide groups is 1. The van der Waals surface area contributed by atoms with E-state index in [1.165, 1.54) is 28.4 Å². The maximum absolute atomic E-state index is 12.7. The molecule has 142 valence electrons. The highest BCUT2D eigenvalue weighted by Crippen LogP contribution is 2.30. The fraction of sp³-hybridized carbons (Fsp3) is 0.368. The van der Waals surface area contributed by atoms with Crippen molar-refractivity contribution < 1.29 is 14.4 Å². The average molecular weight is 386 g/mol. The van der Waals surface area contributed by atoms with Gasteiger partial charge in [0.1, 0.15) is 0 Å². The van der Waals surface area contributed by atoms with Crippen LogP contribution in [0.5, 0.6) is 0 Å². The second kappa shape index (κ2) is 6.86. The van der Waals surface area contributed by atoms with Crippen LogP contribution >= 0.6 is 11.3 Å². The highest BCUT2D eigenvalue weighted by molar-refractivity contribution is 7.14. The monoisotopic (exact) mass is 386 g/mol. The van der Waals surface area contributed by atoms with Gasteiger partial charge in [0.25, 0.3) is 17.7 Å². The van der Waals surface area contributed by atoms with Crippen LogP contribution in [-0.4, -0.2) is 52.1 Å². The molecule has 7 nitrogen and oxygen atoms in total. The van der Waals surface area contributed by atoms with Gasteiger partial charge in [-0.05, 0) is 53.1 Å². The number of rotatable bonds is 4. The Bertz CT molecular complexity index is 927. The van der Waals surface area contributed by atoms with Crippen LogP contribution < -0.4 is 5.32 Å². The minimum absolute atomic E-state index is 0.259. The van der Waals surface area contributed by atoms with E-state index in [9.17, 15) is 14.4 Å². The SMILES string of the molecule is CN(C)Cc1csc(NC(=O)c2ccc3c(c2)C(=O)N(C(C)(C)C)C3=O)n1. The molecule has 0 aliphatic carbocycles. The Morgan fingerprint density at radius 2 is 1.85 bits per heavy atom. The van der Waals surface area contributed by atoms with Crippen molar-refractivity contribution in [3.8, 4) is 0 Å². The summed E-state index contributed by atoms with van der Waals surface area (Å²) in [6, 6.07) is 4.57. The molecule has 2 heterocycles. The molecular weight excluding hydrogens is 364 g/mol. The fourth-order valence-electron chi connectivity index (χ4n) is 2.92. The summed E-state index contributed by atoms with van der Waals surface area (Å²) >= 11 is 1.35. The molecule has 1 aromatic heterocycles. The molecule has 1 N–H and O–H groups in total. The Hall–Kier alpha value is -2.58. The summed E-state index contributed by atoms with van der Waals surface area (Å²) in [6.07, 6.45) is 0.